The number of carbonyl (C=O) groups excluding carboxylic acids is 1. The molecule has 160 valence electrons. The van der Waals surface area contributed by atoms with Crippen LogP contribution >= 0.6 is 0 Å². The third kappa shape index (κ3) is 3.68. The van der Waals surface area contributed by atoms with Crippen LogP contribution in [0, 0.1) is 5.82 Å². The number of hydrogen-bond acceptors (Lipinski definition) is 5. The summed E-state index contributed by atoms with van der Waals surface area (Å²) in [5.74, 6) is -0.205. The van der Waals surface area contributed by atoms with Gasteiger partial charge in [-0.25, -0.2) is 12.8 Å². The Morgan fingerprint density at radius 3 is 2.52 bits per heavy atom. The number of anilines is 2. The normalized spacial score (nSPS) is 13.7. The molecule has 1 heterocycles. The molecule has 3 aromatic rings. The number of rotatable bonds is 5. The van der Waals surface area contributed by atoms with E-state index in [0.717, 1.165) is 10.4 Å². The van der Waals surface area contributed by atoms with Crippen LogP contribution in [0.25, 0.3) is 11.1 Å². The summed E-state index contributed by atoms with van der Waals surface area (Å²) in [6.07, 6.45) is 0. The average Bonchev–Trinajstić information content (AvgIpc) is 2.77. The van der Waals surface area contributed by atoms with Gasteiger partial charge in [0.1, 0.15) is 23.9 Å². The molecule has 0 fully saturated rings. The summed E-state index contributed by atoms with van der Waals surface area (Å²) in [4.78, 5) is 12.9. The number of sulfonamides is 1. The maximum atomic E-state index is 13.9. The highest BCUT2D eigenvalue weighted by molar-refractivity contribution is 7.93. The smallest absolute Gasteiger partial charge is 0.265 e. The van der Waals surface area contributed by atoms with Gasteiger partial charge in [0, 0.05) is 17.2 Å². The second-order valence-corrected chi connectivity index (χ2v) is 8.61. The van der Waals surface area contributed by atoms with E-state index in [0.29, 0.717) is 28.3 Å². The van der Waals surface area contributed by atoms with Crippen LogP contribution in [0.5, 0.6) is 11.5 Å². The summed E-state index contributed by atoms with van der Waals surface area (Å²) in [5.41, 5.74) is 1.36. The molecule has 0 spiro atoms. The molecule has 0 aromatic heterocycles. The van der Waals surface area contributed by atoms with Crippen molar-refractivity contribution in [1.29, 1.82) is 0 Å². The van der Waals surface area contributed by atoms with E-state index in [1.54, 1.807) is 36.4 Å². The molecule has 0 aliphatic carbocycles. The Balaban J connectivity index is 1.71. The fourth-order valence-corrected chi connectivity index (χ4v) is 5.16. The lowest BCUT2D eigenvalue weighted by Gasteiger charge is -2.31. The van der Waals surface area contributed by atoms with Crippen molar-refractivity contribution in [3.05, 3.63) is 66.5 Å². The van der Waals surface area contributed by atoms with E-state index in [1.807, 2.05) is 0 Å². The Kier molecular flexibility index (Phi) is 5.28. The van der Waals surface area contributed by atoms with Gasteiger partial charge in [0.15, 0.2) is 0 Å². The summed E-state index contributed by atoms with van der Waals surface area (Å²) in [7, 11) is -1.09. The van der Waals surface area contributed by atoms with Gasteiger partial charge in [-0.1, -0.05) is 18.2 Å². The van der Waals surface area contributed by atoms with Gasteiger partial charge in [-0.3, -0.25) is 9.10 Å². The average molecular weight is 442 g/mol. The number of halogens is 1. The molecule has 0 bridgehead atoms. The predicted molar refractivity (Wildman–Crippen MR) is 115 cm³/mol. The Bertz CT molecular complexity index is 1280. The van der Waals surface area contributed by atoms with Crippen molar-refractivity contribution in [2.75, 3.05) is 30.4 Å². The topological polar surface area (TPSA) is 84.9 Å². The molecule has 3 aromatic carbocycles. The van der Waals surface area contributed by atoms with E-state index in [2.05, 4.69) is 5.32 Å². The Hall–Kier alpha value is -3.59. The predicted octanol–water partition coefficient (Wildman–Crippen LogP) is 3.66. The van der Waals surface area contributed by atoms with Crippen LogP contribution in [-0.4, -0.2) is 35.1 Å². The van der Waals surface area contributed by atoms with E-state index in [4.69, 9.17) is 9.47 Å². The second kappa shape index (κ2) is 7.92. The molecule has 0 saturated carbocycles. The molecule has 0 unspecified atom stereocenters. The lowest BCUT2D eigenvalue weighted by molar-refractivity contribution is -0.114. The van der Waals surface area contributed by atoms with E-state index in [-0.39, 0.29) is 10.6 Å². The fraction of sp³-hybridized carbons (Fsp3) is 0.136. The third-order valence-corrected chi connectivity index (χ3v) is 6.76. The first-order chi connectivity index (χ1) is 14.8. The van der Waals surface area contributed by atoms with Crippen LogP contribution in [0.4, 0.5) is 15.8 Å². The highest BCUT2D eigenvalue weighted by Crippen LogP contribution is 2.43. The molecule has 0 radical (unpaired) electrons. The van der Waals surface area contributed by atoms with Crippen molar-refractivity contribution in [3.8, 4) is 22.6 Å². The lowest BCUT2D eigenvalue weighted by Crippen LogP contribution is -2.40. The quantitative estimate of drug-likeness (QED) is 0.652. The molecular weight excluding hydrogens is 423 g/mol. The molecular formula is C22H19FN2O5S. The summed E-state index contributed by atoms with van der Waals surface area (Å²) >= 11 is 0. The Morgan fingerprint density at radius 1 is 1.00 bits per heavy atom. The van der Waals surface area contributed by atoms with Crippen molar-refractivity contribution < 1.29 is 27.1 Å². The zero-order valence-corrected chi connectivity index (χ0v) is 17.6. The SMILES string of the molecule is COc1ccc(OC)c(NC(=O)CN2c3ccc(F)cc3-c3ccccc3S2(=O)=O)c1. The van der Waals surface area contributed by atoms with Crippen molar-refractivity contribution >= 4 is 27.3 Å². The molecule has 4 rings (SSSR count). The largest absolute Gasteiger partial charge is 0.497 e. The van der Waals surface area contributed by atoms with Crippen LogP contribution in [0.15, 0.2) is 65.6 Å². The summed E-state index contributed by atoms with van der Waals surface area (Å²) in [6, 6.07) is 15.0. The zero-order chi connectivity index (χ0) is 22.2. The molecule has 1 amide bonds. The summed E-state index contributed by atoms with van der Waals surface area (Å²) in [6.45, 7) is -0.504. The zero-order valence-electron chi connectivity index (χ0n) is 16.8. The monoisotopic (exact) mass is 442 g/mol. The van der Waals surface area contributed by atoms with Crippen molar-refractivity contribution in [2.24, 2.45) is 0 Å². The molecule has 1 aliphatic heterocycles. The molecule has 0 atom stereocenters. The number of nitrogens with zero attached hydrogens (tertiary/aromatic N) is 1. The van der Waals surface area contributed by atoms with Crippen LogP contribution in [0.1, 0.15) is 0 Å². The van der Waals surface area contributed by atoms with Crippen molar-refractivity contribution in [1.82, 2.24) is 0 Å². The number of fused-ring (bicyclic) bond motifs is 3. The third-order valence-electron chi connectivity index (χ3n) is 4.94. The Morgan fingerprint density at radius 2 is 1.77 bits per heavy atom. The molecule has 1 N–H and O–H groups in total. The molecule has 0 saturated heterocycles. The van der Waals surface area contributed by atoms with Gasteiger partial charge in [-0.15, -0.1) is 0 Å². The number of nitrogens with one attached hydrogen (secondary N) is 1. The molecule has 31 heavy (non-hydrogen) atoms. The number of hydrogen-bond donors (Lipinski definition) is 1. The van der Waals surface area contributed by atoms with E-state index < -0.39 is 28.3 Å². The van der Waals surface area contributed by atoms with Crippen LogP contribution in [0.2, 0.25) is 0 Å². The van der Waals surface area contributed by atoms with Crippen molar-refractivity contribution in [2.45, 2.75) is 4.90 Å². The number of carbonyl (C=O) groups is 1. The van der Waals surface area contributed by atoms with Gasteiger partial charge in [-0.05, 0) is 36.4 Å². The highest BCUT2D eigenvalue weighted by Gasteiger charge is 2.36. The maximum absolute atomic E-state index is 13.9. The van der Waals surface area contributed by atoms with Crippen LogP contribution in [-0.2, 0) is 14.8 Å². The van der Waals surface area contributed by atoms with Gasteiger partial charge in [0.05, 0.1) is 30.5 Å². The van der Waals surface area contributed by atoms with Crippen LogP contribution < -0.4 is 19.1 Å². The fourth-order valence-electron chi connectivity index (χ4n) is 3.51. The van der Waals surface area contributed by atoms with Gasteiger partial charge in [-0.2, -0.15) is 0 Å². The molecule has 9 heteroatoms. The van der Waals surface area contributed by atoms with E-state index >= 15 is 0 Å². The summed E-state index contributed by atoms with van der Waals surface area (Å²) < 4.78 is 51.9. The summed E-state index contributed by atoms with van der Waals surface area (Å²) in [5, 5.41) is 2.66. The number of benzene rings is 3. The van der Waals surface area contributed by atoms with Gasteiger partial charge in [0.2, 0.25) is 5.91 Å². The van der Waals surface area contributed by atoms with Gasteiger partial charge < -0.3 is 14.8 Å². The first-order valence-electron chi connectivity index (χ1n) is 9.28. The van der Waals surface area contributed by atoms with E-state index in [9.17, 15) is 17.6 Å². The standard InChI is InChI=1S/C22H19FN2O5S/c1-29-15-8-10-20(30-2)18(12-15)24-22(26)13-25-19-9-7-14(23)11-17(19)16-5-3-4-6-21(16)31(25,27)28/h3-12H,13H2,1-2H3,(H,24,26). The van der Waals surface area contributed by atoms with Crippen LogP contribution in [0.3, 0.4) is 0 Å². The van der Waals surface area contributed by atoms with Crippen molar-refractivity contribution in [3.63, 3.8) is 0 Å². The minimum Gasteiger partial charge on any atom is -0.497 e. The molecule has 7 nitrogen and oxygen atoms in total. The minimum absolute atomic E-state index is 0.0138. The first-order valence-corrected chi connectivity index (χ1v) is 10.7. The first kappa shape index (κ1) is 20.7. The maximum Gasteiger partial charge on any atom is 0.265 e. The van der Waals surface area contributed by atoms with Gasteiger partial charge >= 0.3 is 0 Å². The molecule has 1 aliphatic rings. The number of ether oxygens (including phenoxy) is 2. The van der Waals surface area contributed by atoms with Gasteiger partial charge in [0.25, 0.3) is 10.0 Å². The van der Waals surface area contributed by atoms with E-state index in [1.165, 1.54) is 32.4 Å². The lowest BCUT2D eigenvalue weighted by atomic mass is 10.0. The Labute approximate surface area is 179 Å². The second-order valence-electron chi connectivity index (χ2n) is 6.78. The number of methoxy groups -OCH3 is 2. The highest BCUT2D eigenvalue weighted by atomic mass is 32.2. The minimum atomic E-state index is -4.03. The number of amides is 1.